The SMILES string of the molecule is COc1cc2c(c3c1N[C@@](C)(C=O)C3=O)CCN2C(=O)c1cc2cc(OC)c(OC)c(OC)c2[nH]1. The highest BCUT2D eigenvalue weighted by atomic mass is 16.5. The Morgan fingerprint density at radius 1 is 1.03 bits per heavy atom. The zero-order valence-electron chi connectivity index (χ0n) is 20.0. The molecule has 3 aromatic rings. The molecule has 2 aliphatic rings. The fourth-order valence-corrected chi connectivity index (χ4v) is 4.93. The Bertz CT molecular complexity index is 1410. The van der Waals surface area contributed by atoms with Crippen molar-refractivity contribution in [2.75, 3.05) is 45.2 Å². The van der Waals surface area contributed by atoms with E-state index in [0.717, 1.165) is 5.39 Å². The van der Waals surface area contributed by atoms with Gasteiger partial charge in [0.05, 0.1) is 50.9 Å². The van der Waals surface area contributed by atoms with Crippen LogP contribution in [-0.2, 0) is 11.2 Å². The third kappa shape index (κ3) is 3.05. The standard InChI is InChI=1S/C25H25N3O7/c1-25(11-29)23(30)18-13-6-7-28(15(13)10-16(32-2)20(18)27-25)24(31)14-8-12-9-17(33-3)21(34-4)22(35-5)19(12)26-14/h8-11,26-27H,6-7H2,1-5H3/t25-/m0/s1. The van der Waals surface area contributed by atoms with Gasteiger partial charge in [-0.15, -0.1) is 0 Å². The van der Waals surface area contributed by atoms with Crippen molar-refractivity contribution in [1.29, 1.82) is 0 Å². The summed E-state index contributed by atoms with van der Waals surface area (Å²) in [6.07, 6.45) is 1.07. The Morgan fingerprint density at radius 3 is 2.37 bits per heavy atom. The fraction of sp³-hybridized carbons (Fsp3) is 0.320. The van der Waals surface area contributed by atoms with Crippen LogP contribution in [0.5, 0.6) is 23.0 Å². The molecule has 10 heteroatoms. The average molecular weight is 479 g/mol. The number of fused-ring (bicyclic) bond motifs is 4. The molecule has 1 atom stereocenters. The third-order valence-electron chi connectivity index (χ3n) is 6.69. The number of methoxy groups -OCH3 is 4. The van der Waals surface area contributed by atoms with E-state index in [1.165, 1.54) is 35.4 Å². The van der Waals surface area contributed by atoms with Gasteiger partial charge in [0, 0.05) is 18.0 Å². The minimum atomic E-state index is -1.37. The number of hydrogen-bond donors (Lipinski definition) is 2. The number of carbonyl (C=O) groups is 3. The van der Waals surface area contributed by atoms with Gasteiger partial charge in [-0.1, -0.05) is 0 Å². The lowest BCUT2D eigenvalue weighted by atomic mass is 9.93. The molecule has 0 unspecified atom stereocenters. The second kappa shape index (κ2) is 7.93. The lowest BCUT2D eigenvalue weighted by Crippen LogP contribution is -2.39. The van der Waals surface area contributed by atoms with Crippen LogP contribution in [0, 0.1) is 0 Å². The van der Waals surface area contributed by atoms with Crippen LogP contribution >= 0.6 is 0 Å². The minimum absolute atomic E-state index is 0.279. The van der Waals surface area contributed by atoms with Crippen molar-refractivity contribution >= 4 is 40.3 Å². The largest absolute Gasteiger partial charge is 0.494 e. The molecule has 0 aliphatic carbocycles. The number of ether oxygens (including phenoxy) is 4. The minimum Gasteiger partial charge on any atom is -0.494 e. The molecule has 0 saturated heterocycles. The number of ketones is 1. The Hall–Kier alpha value is -4.21. The van der Waals surface area contributed by atoms with E-state index in [-0.39, 0.29) is 11.7 Å². The second-order valence-electron chi connectivity index (χ2n) is 8.60. The number of amides is 1. The van der Waals surface area contributed by atoms with Crippen LogP contribution in [0.15, 0.2) is 18.2 Å². The molecule has 35 heavy (non-hydrogen) atoms. The second-order valence-corrected chi connectivity index (χ2v) is 8.60. The molecule has 1 amide bonds. The number of hydrogen-bond acceptors (Lipinski definition) is 8. The van der Waals surface area contributed by atoms with Crippen LogP contribution in [0.4, 0.5) is 11.4 Å². The topological polar surface area (TPSA) is 119 Å². The van der Waals surface area contributed by atoms with E-state index in [0.29, 0.717) is 76.0 Å². The zero-order valence-corrected chi connectivity index (χ0v) is 20.0. The van der Waals surface area contributed by atoms with E-state index >= 15 is 0 Å². The van der Waals surface area contributed by atoms with E-state index in [1.807, 2.05) is 0 Å². The van der Waals surface area contributed by atoms with Crippen molar-refractivity contribution < 1.29 is 33.3 Å². The number of aromatic nitrogens is 1. The Kier molecular flexibility index (Phi) is 5.12. The van der Waals surface area contributed by atoms with E-state index in [2.05, 4.69) is 10.3 Å². The van der Waals surface area contributed by atoms with Crippen LogP contribution in [0.1, 0.15) is 33.3 Å². The van der Waals surface area contributed by atoms with Gasteiger partial charge in [-0.05, 0) is 31.0 Å². The Labute approximate surface area is 201 Å². The maximum Gasteiger partial charge on any atom is 0.274 e. The predicted octanol–water partition coefficient (Wildman–Crippen LogP) is 2.97. The first-order chi connectivity index (χ1) is 16.8. The van der Waals surface area contributed by atoms with Crippen molar-refractivity contribution in [3.63, 3.8) is 0 Å². The number of nitrogens with zero attached hydrogens (tertiary/aromatic N) is 1. The van der Waals surface area contributed by atoms with Gasteiger partial charge in [0.25, 0.3) is 5.91 Å². The van der Waals surface area contributed by atoms with E-state index in [1.54, 1.807) is 23.1 Å². The van der Waals surface area contributed by atoms with Gasteiger partial charge in [-0.3, -0.25) is 9.59 Å². The van der Waals surface area contributed by atoms with Crippen molar-refractivity contribution in [3.8, 4) is 23.0 Å². The summed E-state index contributed by atoms with van der Waals surface area (Å²) in [6.45, 7) is 1.91. The number of rotatable bonds is 6. The molecule has 182 valence electrons. The van der Waals surface area contributed by atoms with Gasteiger partial charge in [-0.2, -0.15) is 0 Å². The maximum atomic E-state index is 13.6. The number of anilines is 2. The number of aromatic amines is 1. The van der Waals surface area contributed by atoms with Gasteiger partial charge in [0.1, 0.15) is 11.4 Å². The van der Waals surface area contributed by atoms with Crippen molar-refractivity contribution in [1.82, 2.24) is 4.98 Å². The highest BCUT2D eigenvalue weighted by molar-refractivity contribution is 6.24. The quantitative estimate of drug-likeness (QED) is 0.409. The predicted molar refractivity (Wildman–Crippen MR) is 129 cm³/mol. The van der Waals surface area contributed by atoms with E-state index in [9.17, 15) is 14.4 Å². The van der Waals surface area contributed by atoms with E-state index < -0.39 is 5.54 Å². The lowest BCUT2D eigenvalue weighted by Gasteiger charge is -2.19. The molecule has 2 N–H and O–H groups in total. The molecule has 2 aliphatic heterocycles. The van der Waals surface area contributed by atoms with Crippen LogP contribution in [0.25, 0.3) is 10.9 Å². The number of H-pyrrole nitrogens is 1. The summed E-state index contributed by atoms with van der Waals surface area (Å²) < 4.78 is 21.9. The summed E-state index contributed by atoms with van der Waals surface area (Å²) in [7, 11) is 6.04. The third-order valence-corrected chi connectivity index (χ3v) is 6.69. The molecule has 0 spiro atoms. The summed E-state index contributed by atoms with van der Waals surface area (Å²) in [4.78, 5) is 43.2. The first-order valence-electron chi connectivity index (χ1n) is 11.0. The molecule has 0 saturated carbocycles. The Morgan fingerprint density at radius 2 is 1.74 bits per heavy atom. The normalized spacial score (nSPS) is 18.2. The van der Waals surface area contributed by atoms with Crippen LogP contribution in [-0.4, -0.2) is 63.5 Å². The van der Waals surface area contributed by atoms with Gasteiger partial charge in [-0.25, -0.2) is 0 Å². The average Bonchev–Trinajstić information content (AvgIpc) is 3.56. The monoisotopic (exact) mass is 479 g/mol. The molecular weight excluding hydrogens is 454 g/mol. The van der Waals surface area contributed by atoms with Crippen LogP contribution in [0.2, 0.25) is 0 Å². The molecule has 5 rings (SSSR count). The molecule has 2 aromatic carbocycles. The van der Waals surface area contributed by atoms with Gasteiger partial charge in [0.2, 0.25) is 5.75 Å². The number of benzene rings is 2. The highest BCUT2D eigenvalue weighted by Crippen LogP contribution is 2.48. The molecule has 0 fully saturated rings. The zero-order chi connectivity index (χ0) is 25.1. The molecule has 0 bridgehead atoms. The van der Waals surface area contributed by atoms with Gasteiger partial charge in [0.15, 0.2) is 29.1 Å². The van der Waals surface area contributed by atoms with E-state index in [4.69, 9.17) is 18.9 Å². The number of carbonyl (C=O) groups excluding carboxylic acids is 3. The summed E-state index contributed by atoms with van der Waals surface area (Å²) in [5, 5.41) is 3.72. The Balaban J connectivity index is 1.60. The van der Waals surface area contributed by atoms with Gasteiger partial charge < -0.3 is 38.9 Å². The summed E-state index contributed by atoms with van der Waals surface area (Å²) in [6, 6.07) is 5.22. The first kappa shape index (κ1) is 22.6. The molecule has 0 radical (unpaired) electrons. The molecule has 1 aromatic heterocycles. The molecular formula is C25H25N3O7. The highest BCUT2D eigenvalue weighted by Gasteiger charge is 2.46. The smallest absolute Gasteiger partial charge is 0.274 e. The summed E-state index contributed by atoms with van der Waals surface area (Å²) in [5.74, 6) is 1.10. The molecule has 3 heterocycles. The van der Waals surface area contributed by atoms with Crippen molar-refractivity contribution in [2.24, 2.45) is 0 Å². The molecule has 10 nitrogen and oxygen atoms in total. The van der Waals surface area contributed by atoms with Crippen molar-refractivity contribution in [2.45, 2.75) is 18.9 Å². The number of Topliss-reactive ketones (excluding diaryl/α,β-unsaturated/α-hetero) is 1. The van der Waals surface area contributed by atoms with Crippen molar-refractivity contribution in [3.05, 3.63) is 35.0 Å². The first-order valence-corrected chi connectivity index (χ1v) is 11.0. The summed E-state index contributed by atoms with van der Waals surface area (Å²) in [5.41, 5.74) is 1.75. The lowest BCUT2D eigenvalue weighted by molar-refractivity contribution is -0.109. The fourth-order valence-electron chi connectivity index (χ4n) is 4.93. The summed E-state index contributed by atoms with van der Waals surface area (Å²) >= 11 is 0. The van der Waals surface area contributed by atoms with Crippen LogP contribution in [0.3, 0.4) is 0 Å². The van der Waals surface area contributed by atoms with Gasteiger partial charge >= 0.3 is 0 Å². The number of aldehydes is 1. The number of nitrogens with one attached hydrogen (secondary N) is 2. The maximum absolute atomic E-state index is 13.6. The van der Waals surface area contributed by atoms with Crippen LogP contribution < -0.4 is 29.2 Å².